The first kappa shape index (κ1) is 15.5. The third-order valence-corrected chi connectivity index (χ3v) is 5.15. The number of benzene rings is 1. The number of rotatable bonds is 4. The van der Waals surface area contributed by atoms with Gasteiger partial charge in [0.25, 0.3) is 0 Å². The van der Waals surface area contributed by atoms with Crippen LogP contribution in [0.2, 0.25) is 0 Å². The van der Waals surface area contributed by atoms with Crippen molar-refractivity contribution >= 4 is 11.8 Å². The lowest BCUT2D eigenvalue weighted by molar-refractivity contribution is 0.0631. The average molecular weight is 318 g/mol. The van der Waals surface area contributed by atoms with Gasteiger partial charge in [-0.15, -0.1) is 5.10 Å². The third kappa shape index (κ3) is 3.33. The molecule has 1 aliphatic rings. The zero-order valence-corrected chi connectivity index (χ0v) is 14.2. The van der Waals surface area contributed by atoms with Gasteiger partial charge in [-0.25, -0.2) is 4.68 Å². The van der Waals surface area contributed by atoms with Crippen LogP contribution in [0.5, 0.6) is 0 Å². The Hall–Kier alpha value is -1.40. The molecule has 0 unspecified atom stereocenters. The van der Waals surface area contributed by atoms with Crippen LogP contribution < -0.4 is 0 Å². The molecule has 2 heterocycles. The number of thioether (sulfide) groups is 1. The van der Waals surface area contributed by atoms with Crippen LogP contribution in [0.25, 0.3) is 0 Å². The summed E-state index contributed by atoms with van der Waals surface area (Å²) in [6.45, 7) is 8.09. The lowest BCUT2D eigenvalue weighted by Gasteiger charge is -2.22. The van der Waals surface area contributed by atoms with Crippen LogP contribution in [-0.2, 0) is 10.5 Å². The van der Waals surface area contributed by atoms with E-state index in [9.17, 15) is 0 Å². The molecule has 0 amide bonds. The quantitative estimate of drug-likeness (QED) is 0.810. The van der Waals surface area contributed by atoms with Gasteiger partial charge >= 0.3 is 0 Å². The van der Waals surface area contributed by atoms with Gasteiger partial charge in [-0.2, -0.15) is 0 Å². The van der Waals surface area contributed by atoms with Gasteiger partial charge < -0.3 is 4.74 Å². The van der Waals surface area contributed by atoms with Crippen LogP contribution in [0.15, 0.2) is 17.3 Å². The predicted octanol–water partition coefficient (Wildman–Crippen LogP) is 3.24. The summed E-state index contributed by atoms with van der Waals surface area (Å²) in [7, 11) is 0. The first-order chi connectivity index (χ1) is 10.6. The minimum absolute atomic E-state index is 0.367. The summed E-state index contributed by atoms with van der Waals surface area (Å²) in [6.07, 6.45) is 1.97. The Bertz CT molecular complexity index is 626. The van der Waals surface area contributed by atoms with E-state index in [1.165, 1.54) is 22.3 Å². The largest absolute Gasteiger partial charge is 0.381 e. The lowest BCUT2D eigenvalue weighted by atomic mass is 10.0. The smallest absolute Gasteiger partial charge is 0.209 e. The summed E-state index contributed by atoms with van der Waals surface area (Å²) in [5.74, 6) is 0.904. The van der Waals surface area contributed by atoms with Crippen molar-refractivity contribution in [1.82, 2.24) is 20.2 Å². The summed E-state index contributed by atoms with van der Waals surface area (Å²) >= 11 is 1.72. The molecule has 0 N–H and O–H groups in total. The standard InChI is InChI=1S/C16H22N4OS/c1-11-8-12(2)15(13(3)9-11)10-22-16-17-18-19-20(16)14-4-6-21-7-5-14/h8-9,14H,4-7,10H2,1-3H3. The molecule has 22 heavy (non-hydrogen) atoms. The molecule has 1 aromatic heterocycles. The number of tetrazole rings is 1. The fourth-order valence-corrected chi connectivity index (χ4v) is 4.15. The van der Waals surface area contributed by atoms with Crippen molar-refractivity contribution in [1.29, 1.82) is 0 Å². The van der Waals surface area contributed by atoms with E-state index in [4.69, 9.17) is 4.74 Å². The molecule has 1 saturated heterocycles. The highest BCUT2D eigenvalue weighted by atomic mass is 32.2. The summed E-state index contributed by atoms with van der Waals surface area (Å²) < 4.78 is 7.40. The summed E-state index contributed by atoms with van der Waals surface area (Å²) in [5, 5.41) is 13.2. The number of ether oxygens (including phenoxy) is 1. The molecule has 0 radical (unpaired) electrons. The van der Waals surface area contributed by atoms with E-state index in [0.29, 0.717) is 6.04 Å². The molecule has 1 aromatic carbocycles. The highest BCUT2D eigenvalue weighted by Crippen LogP contribution is 2.29. The van der Waals surface area contributed by atoms with E-state index in [2.05, 4.69) is 48.4 Å². The van der Waals surface area contributed by atoms with E-state index in [0.717, 1.165) is 37.0 Å². The topological polar surface area (TPSA) is 52.8 Å². The maximum absolute atomic E-state index is 5.42. The number of aryl methyl sites for hydroxylation is 3. The van der Waals surface area contributed by atoms with Crippen molar-refractivity contribution in [2.45, 2.75) is 50.6 Å². The van der Waals surface area contributed by atoms with Crippen molar-refractivity contribution in [3.63, 3.8) is 0 Å². The Labute approximate surface area is 135 Å². The third-order valence-electron chi connectivity index (χ3n) is 4.19. The highest BCUT2D eigenvalue weighted by Gasteiger charge is 2.21. The molecule has 0 aliphatic carbocycles. The normalized spacial score (nSPS) is 16.1. The minimum atomic E-state index is 0.367. The molecule has 118 valence electrons. The molecule has 3 rings (SSSR count). The average Bonchev–Trinajstić information content (AvgIpc) is 2.95. The summed E-state index contributed by atoms with van der Waals surface area (Å²) in [6, 6.07) is 4.85. The molecule has 0 bridgehead atoms. The van der Waals surface area contributed by atoms with Crippen LogP contribution in [0, 0.1) is 20.8 Å². The lowest BCUT2D eigenvalue weighted by Crippen LogP contribution is -2.21. The zero-order chi connectivity index (χ0) is 15.5. The fourth-order valence-electron chi connectivity index (χ4n) is 3.01. The van der Waals surface area contributed by atoms with Crippen molar-refractivity contribution in [3.8, 4) is 0 Å². The van der Waals surface area contributed by atoms with E-state index < -0.39 is 0 Å². The van der Waals surface area contributed by atoms with Crippen LogP contribution >= 0.6 is 11.8 Å². The number of aromatic nitrogens is 4. The van der Waals surface area contributed by atoms with Crippen LogP contribution in [0.4, 0.5) is 0 Å². The molecular formula is C16H22N4OS. The van der Waals surface area contributed by atoms with E-state index in [-0.39, 0.29) is 0 Å². The molecule has 1 fully saturated rings. The van der Waals surface area contributed by atoms with Crippen LogP contribution in [0.1, 0.15) is 41.1 Å². The monoisotopic (exact) mass is 318 g/mol. The molecule has 0 spiro atoms. The van der Waals surface area contributed by atoms with E-state index in [1.54, 1.807) is 11.8 Å². The molecule has 6 heteroatoms. The van der Waals surface area contributed by atoms with Crippen molar-refractivity contribution < 1.29 is 4.74 Å². The van der Waals surface area contributed by atoms with Gasteiger partial charge in [0.2, 0.25) is 5.16 Å². The molecule has 1 aliphatic heterocycles. The molecular weight excluding hydrogens is 296 g/mol. The number of hydrogen-bond acceptors (Lipinski definition) is 5. The fraction of sp³-hybridized carbons (Fsp3) is 0.562. The second-order valence-corrected chi connectivity index (χ2v) is 6.86. The van der Waals surface area contributed by atoms with E-state index in [1.807, 2.05) is 4.68 Å². The van der Waals surface area contributed by atoms with Gasteiger partial charge in [0.1, 0.15) is 0 Å². The second kappa shape index (κ2) is 6.79. The Morgan fingerprint density at radius 1 is 1.18 bits per heavy atom. The van der Waals surface area contributed by atoms with Crippen molar-refractivity contribution in [2.75, 3.05) is 13.2 Å². The first-order valence-electron chi connectivity index (χ1n) is 7.70. The highest BCUT2D eigenvalue weighted by molar-refractivity contribution is 7.98. The summed E-state index contributed by atoms with van der Waals surface area (Å²) in [5.41, 5.74) is 5.39. The predicted molar refractivity (Wildman–Crippen MR) is 87.1 cm³/mol. The van der Waals surface area contributed by atoms with Gasteiger partial charge in [0.15, 0.2) is 0 Å². The van der Waals surface area contributed by atoms with Crippen molar-refractivity contribution in [2.24, 2.45) is 0 Å². The minimum Gasteiger partial charge on any atom is -0.381 e. The van der Waals surface area contributed by atoms with Crippen LogP contribution in [0.3, 0.4) is 0 Å². The van der Waals surface area contributed by atoms with E-state index >= 15 is 0 Å². The molecule has 2 aromatic rings. The zero-order valence-electron chi connectivity index (χ0n) is 13.4. The van der Waals surface area contributed by atoms with Crippen LogP contribution in [-0.4, -0.2) is 33.4 Å². The number of hydrogen-bond donors (Lipinski definition) is 0. The van der Waals surface area contributed by atoms with Gasteiger partial charge in [-0.1, -0.05) is 29.5 Å². The maximum Gasteiger partial charge on any atom is 0.209 e. The summed E-state index contributed by atoms with van der Waals surface area (Å²) in [4.78, 5) is 0. The molecule has 0 atom stereocenters. The molecule has 5 nitrogen and oxygen atoms in total. The Kier molecular flexibility index (Phi) is 4.78. The molecule has 0 saturated carbocycles. The Balaban J connectivity index is 1.74. The Morgan fingerprint density at radius 3 is 2.55 bits per heavy atom. The van der Waals surface area contributed by atoms with Crippen molar-refractivity contribution in [3.05, 3.63) is 34.4 Å². The van der Waals surface area contributed by atoms with Gasteiger partial charge in [0, 0.05) is 19.0 Å². The van der Waals surface area contributed by atoms with Gasteiger partial charge in [0.05, 0.1) is 6.04 Å². The van der Waals surface area contributed by atoms with Gasteiger partial charge in [-0.05, 0) is 60.7 Å². The van der Waals surface area contributed by atoms with Gasteiger partial charge in [-0.3, -0.25) is 0 Å². The maximum atomic E-state index is 5.42. The SMILES string of the molecule is Cc1cc(C)c(CSc2nnnn2C2CCOCC2)c(C)c1. The Morgan fingerprint density at radius 2 is 1.86 bits per heavy atom. The first-order valence-corrected chi connectivity index (χ1v) is 8.69. The number of nitrogens with zero attached hydrogens (tertiary/aromatic N) is 4. The second-order valence-electron chi connectivity index (χ2n) is 5.92.